The SMILES string of the molecule is CCC(CC)CNc1cccc(C(F)(F)F)n1. The standard InChI is InChI=1S/C12H17F3N2/c1-3-9(4-2)8-16-11-7-5-6-10(17-11)12(13,14)15/h5-7,9H,3-4,8H2,1-2H3,(H,16,17). The molecule has 2 nitrogen and oxygen atoms in total. The van der Waals surface area contributed by atoms with E-state index in [1.807, 2.05) is 0 Å². The summed E-state index contributed by atoms with van der Waals surface area (Å²) >= 11 is 0. The van der Waals surface area contributed by atoms with Crippen molar-refractivity contribution in [1.82, 2.24) is 4.98 Å². The quantitative estimate of drug-likeness (QED) is 0.850. The molecule has 0 aliphatic carbocycles. The van der Waals surface area contributed by atoms with Crippen LogP contribution in [0.1, 0.15) is 32.4 Å². The molecule has 96 valence electrons. The smallest absolute Gasteiger partial charge is 0.370 e. The van der Waals surface area contributed by atoms with Gasteiger partial charge < -0.3 is 5.32 Å². The Bertz CT molecular complexity index is 346. The van der Waals surface area contributed by atoms with E-state index in [0.29, 0.717) is 12.5 Å². The molecule has 0 fully saturated rings. The molecule has 1 heterocycles. The second kappa shape index (κ2) is 5.89. The lowest BCUT2D eigenvalue weighted by atomic mass is 10.0. The van der Waals surface area contributed by atoms with E-state index in [1.54, 1.807) is 6.07 Å². The molecule has 0 unspecified atom stereocenters. The predicted molar refractivity (Wildman–Crippen MR) is 61.8 cm³/mol. The number of alkyl halides is 3. The predicted octanol–water partition coefficient (Wildman–Crippen LogP) is 3.95. The zero-order valence-electron chi connectivity index (χ0n) is 10.0. The van der Waals surface area contributed by atoms with Crippen LogP contribution in [0.3, 0.4) is 0 Å². The molecule has 0 aliphatic rings. The summed E-state index contributed by atoms with van der Waals surface area (Å²) in [6, 6.07) is 3.89. The van der Waals surface area contributed by atoms with Crippen molar-refractivity contribution in [1.29, 1.82) is 0 Å². The van der Waals surface area contributed by atoms with Gasteiger partial charge in [0.2, 0.25) is 0 Å². The first-order chi connectivity index (χ1) is 7.97. The fourth-order valence-corrected chi connectivity index (χ4v) is 1.52. The molecule has 1 N–H and O–H groups in total. The van der Waals surface area contributed by atoms with E-state index in [1.165, 1.54) is 6.07 Å². The highest BCUT2D eigenvalue weighted by Gasteiger charge is 2.32. The molecule has 0 aromatic carbocycles. The first kappa shape index (κ1) is 13.8. The minimum atomic E-state index is -4.38. The summed E-state index contributed by atoms with van der Waals surface area (Å²) < 4.78 is 37.2. The largest absolute Gasteiger partial charge is 0.433 e. The van der Waals surface area contributed by atoms with Crippen LogP contribution in [0.5, 0.6) is 0 Å². The normalized spacial score (nSPS) is 11.9. The fourth-order valence-electron chi connectivity index (χ4n) is 1.52. The Kier molecular flexibility index (Phi) is 4.78. The number of hydrogen-bond donors (Lipinski definition) is 1. The molecular weight excluding hydrogens is 229 g/mol. The third-order valence-corrected chi connectivity index (χ3v) is 2.77. The maximum Gasteiger partial charge on any atom is 0.433 e. The van der Waals surface area contributed by atoms with Crippen molar-refractivity contribution in [2.45, 2.75) is 32.9 Å². The van der Waals surface area contributed by atoms with Crippen LogP contribution in [0, 0.1) is 5.92 Å². The molecule has 0 atom stereocenters. The number of nitrogens with zero attached hydrogens (tertiary/aromatic N) is 1. The molecule has 0 bridgehead atoms. The van der Waals surface area contributed by atoms with Gasteiger partial charge in [0.25, 0.3) is 0 Å². The first-order valence-corrected chi connectivity index (χ1v) is 5.75. The van der Waals surface area contributed by atoms with Crippen molar-refractivity contribution in [3.63, 3.8) is 0 Å². The summed E-state index contributed by atoms with van der Waals surface area (Å²) in [5, 5.41) is 2.95. The van der Waals surface area contributed by atoms with Crippen molar-refractivity contribution < 1.29 is 13.2 Å². The number of pyridine rings is 1. The number of rotatable bonds is 5. The van der Waals surface area contributed by atoms with Gasteiger partial charge in [0.1, 0.15) is 11.5 Å². The third-order valence-electron chi connectivity index (χ3n) is 2.77. The highest BCUT2D eigenvalue weighted by Crippen LogP contribution is 2.28. The zero-order chi connectivity index (χ0) is 12.9. The van der Waals surface area contributed by atoms with E-state index in [0.717, 1.165) is 18.9 Å². The average Bonchev–Trinajstić information content (AvgIpc) is 2.30. The molecule has 1 aromatic rings. The van der Waals surface area contributed by atoms with Crippen LogP contribution in [0.25, 0.3) is 0 Å². The van der Waals surface area contributed by atoms with Crippen molar-refractivity contribution >= 4 is 5.82 Å². The second-order valence-electron chi connectivity index (χ2n) is 3.97. The third kappa shape index (κ3) is 4.24. The van der Waals surface area contributed by atoms with Gasteiger partial charge in [0.15, 0.2) is 0 Å². The molecule has 1 aromatic heterocycles. The van der Waals surface area contributed by atoms with Gasteiger partial charge >= 0.3 is 6.18 Å². The molecule has 0 saturated carbocycles. The Morgan fingerprint density at radius 1 is 1.24 bits per heavy atom. The summed E-state index contributed by atoms with van der Waals surface area (Å²) in [6.07, 6.45) is -2.38. The molecule has 1 rings (SSSR count). The van der Waals surface area contributed by atoms with Crippen LogP contribution < -0.4 is 5.32 Å². The molecule has 0 radical (unpaired) electrons. The van der Waals surface area contributed by atoms with Gasteiger partial charge in [-0.2, -0.15) is 13.2 Å². The van der Waals surface area contributed by atoms with Gasteiger partial charge in [-0.3, -0.25) is 0 Å². The van der Waals surface area contributed by atoms with Crippen LogP contribution in [-0.2, 0) is 6.18 Å². The van der Waals surface area contributed by atoms with Crippen molar-refractivity contribution in [2.24, 2.45) is 5.92 Å². The van der Waals surface area contributed by atoms with E-state index in [2.05, 4.69) is 24.1 Å². The topological polar surface area (TPSA) is 24.9 Å². The molecule has 0 aliphatic heterocycles. The molecular formula is C12H17F3N2. The Labute approximate surface area is 99.3 Å². The number of anilines is 1. The maximum absolute atomic E-state index is 12.4. The number of aromatic nitrogens is 1. The molecule has 0 saturated heterocycles. The monoisotopic (exact) mass is 246 g/mol. The van der Waals surface area contributed by atoms with Gasteiger partial charge in [-0.05, 0) is 18.1 Å². The molecule has 5 heteroatoms. The van der Waals surface area contributed by atoms with Crippen molar-refractivity contribution in [2.75, 3.05) is 11.9 Å². The second-order valence-corrected chi connectivity index (χ2v) is 3.97. The van der Waals surface area contributed by atoms with Crippen LogP contribution in [0.15, 0.2) is 18.2 Å². The summed E-state index contributed by atoms with van der Waals surface area (Å²) in [7, 11) is 0. The van der Waals surface area contributed by atoms with Crippen LogP contribution in [0.2, 0.25) is 0 Å². The molecule has 17 heavy (non-hydrogen) atoms. The number of halogens is 3. The molecule has 0 spiro atoms. The summed E-state index contributed by atoms with van der Waals surface area (Å²) in [5.41, 5.74) is -0.855. The Morgan fingerprint density at radius 3 is 2.41 bits per heavy atom. The maximum atomic E-state index is 12.4. The highest BCUT2D eigenvalue weighted by molar-refractivity contribution is 5.35. The Hall–Kier alpha value is -1.26. The van der Waals surface area contributed by atoms with Gasteiger partial charge in [0.05, 0.1) is 0 Å². The number of nitrogens with one attached hydrogen (secondary N) is 1. The zero-order valence-corrected chi connectivity index (χ0v) is 10.0. The lowest BCUT2D eigenvalue weighted by molar-refractivity contribution is -0.141. The Balaban J connectivity index is 2.66. The van der Waals surface area contributed by atoms with Gasteiger partial charge in [0, 0.05) is 6.54 Å². The van der Waals surface area contributed by atoms with Gasteiger partial charge in [-0.25, -0.2) is 4.98 Å². The lowest BCUT2D eigenvalue weighted by Crippen LogP contribution is -2.15. The van der Waals surface area contributed by atoms with Crippen LogP contribution >= 0.6 is 0 Å². The van der Waals surface area contributed by atoms with Crippen LogP contribution in [0.4, 0.5) is 19.0 Å². The summed E-state index contributed by atoms with van der Waals surface area (Å²) in [4.78, 5) is 3.55. The summed E-state index contributed by atoms with van der Waals surface area (Å²) in [6.45, 7) is 4.78. The number of hydrogen-bond acceptors (Lipinski definition) is 2. The van der Waals surface area contributed by atoms with Crippen LogP contribution in [-0.4, -0.2) is 11.5 Å². The minimum absolute atomic E-state index is 0.284. The van der Waals surface area contributed by atoms with E-state index < -0.39 is 11.9 Å². The van der Waals surface area contributed by atoms with E-state index in [9.17, 15) is 13.2 Å². The lowest BCUT2D eigenvalue weighted by Gasteiger charge is -2.14. The van der Waals surface area contributed by atoms with Gasteiger partial charge in [-0.15, -0.1) is 0 Å². The summed E-state index contributed by atoms with van der Waals surface area (Å²) in [5.74, 6) is 0.748. The fraction of sp³-hybridized carbons (Fsp3) is 0.583. The average molecular weight is 246 g/mol. The van der Waals surface area contributed by atoms with E-state index in [-0.39, 0.29) is 5.82 Å². The van der Waals surface area contributed by atoms with E-state index >= 15 is 0 Å². The van der Waals surface area contributed by atoms with Gasteiger partial charge in [-0.1, -0.05) is 32.8 Å². The minimum Gasteiger partial charge on any atom is -0.370 e. The van der Waals surface area contributed by atoms with Crippen molar-refractivity contribution in [3.05, 3.63) is 23.9 Å². The molecule has 0 amide bonds. The van der Waals surface area contributed by atoms with Crippen molar-refractivity contribution in [3.8, 4) is 0 Å². The first-order valence-electron chi connectivity index (χ1n) is 5.75. The van der Waals surface area contributed by atoms with E-state index in [4.69, 9.17) is 0 Å². The Morgan fingerprint density at radius 2 is 1.88 bits per heavy atom. The highest BCUT2D eigenvalue weighted by atomic mass is 19.4.